The Labute approximate surface area is 124 Å². The molecule has 6 nitrogen and oxygen atoms in total. The number of amides is 3. The lowest BCUT2D eigenvalue weighted by Crippen LogP contribution is -2.55. The van der Waals surface area contributed by atoms with Crippen LogP contribution in [0.4, 0.5) is 10.5 Å². The second-order valence-electron chi connectivity index (χ2n) is 5.04. The summed E-state index contributed by atoms with van der Waals surface area (Å²) < 4.78 is 0. The maximum atomic E-state index is 12.5. The van der Waals surface area contributed by atoms with Gasteiger partial charge in [-0.25, -0.2) is 4.79 Å². The van der Waals surface area contributed by atoms with Crippen LogP contribution in [0.1, 0.15) is 19.8 Å². The van der Waals surface area contributed by atoms with Crippen LogP contribution < -0.4 is 15.5 Å². The summed E-state index contributed by atoms with van der Waals surface area (Å²) in [6, 6.07) is 2.63. The van der Waals surface area contributed by atoms with Crippen LogP contribution in [0.25, 0.3) is 0 Å². The predicted molar refractivity (Wildman–Crippen MR) is 80.9 cm³/mol. The van der Waals surface area contributed by atoms with Crippen LogP contribution in [0.15, 0.2) is 37.2 Å². The average Bonchev–Trinajstić information content (AvgIpc) is 2.50. The number of nitrogens with one attached hydrogen (secondary N) is 2. The van der Waals surface area contributed by atoms with Crippen molar-refractivity contribution in [3.8, 4) is 0 Å². The highest BCUT2D eigenvalue weighted by molar-refractivity contribution is 5.99. The van der Waals surface area contributed by atoms with E-state index < -0.39 is 6.04 Å². The number of urea groups is 1. The van der Waals surface area contributed by atoms with Crippen molar-refractivity contribution in [3.05, 3.63) is 37.2 Å². The number of carbonyl (C=O) groups is 2. The lowest BCUT2D eigenvalue weighted by Gasteiger charge is -2.32. The Hall–Kier alpha value is -2.37. The number of nitrogens with zero attached hydrogens (tertiary/aromatic N) is 2. The van der Waals surface area contributed by atoms with E-state index in [9.17, 15) is 9.59 Å². The molecule has 0 bridgehead atoms. The van der Waals surface area contributed by atoms with Crippen LogP contribution in [-0.2, 0) is 4.79 Å². The molecular weight excluding hydrogens is 268 g/mol. The maximum Gasteiger partial charge on any atom is 0.315 e. The Bertz CT molecular complexity index is 518. The highest BCUT2D eigenvalue weighted by Gasteiger charge is 2.30. The Balaban J connectivity index is 2.00. The molecule has 0 saturated carbocycles. The normalized spacial score (nSPS) is 19.8. The number of hydrogen-bond donors (Lipinski definition) is 2. The maximum absolute atomic E-state index is 12.5. The first kappa shape index (κ1) is 15.0. The van der Waals surface area contributed by atoms with Crippen LogP contribution >= 0.6 is 0 Å². The predicted octanol–water partition coefficient (Wildman–Crippen LogP) is 1.45. The van der Waals surface area contributed by atoms with Gasteiger partial charge in [0.1, 0.15) is 6.04 Å². The summed E-state index contributed by atoms with van der Waals surface area (Å²) in [5.74, 6) is -0.101. The molecule has 2 atom stereocenters. The summed E-state index contributed by atoms with van der Waals surface area (Å²) in [4.78, 5) is 30.0. The van der Waals surface area contributed by atoms with Crippen molar-refractivity contribution < 1.29 is 9.59 Å². The number of pyridine rings is 1. The third-order valence-electron chi connectivity index (χ3n) is 3.41. The number of hydrogen-bond acceptors (Lipinski definition) is 3. The van der Waals surface area contributed by atoms with Gasteiger partial charge >= 0.3 is 6.03 Å². The van der Waals surface area contributed by atoms with Crippen LogP contribution in [-0.4, -0.2) is 35.6 Å². The molecule has 1 aromatic heterocycles. The minimum Gasteiger partial charge on any atom is -0.332 e. The van der Waals surface area contributed by atoms with E-state index in [0.29, 0.717) is 13.0 Å². The van der Waals surface area contributed by atoms with Gasteiger partial charge in [0.15, 0.2) is 0 Å². The van der Waals surface area contributed by atoms with Crippen molar-refractivity contribution in [1.29, 1.82) is 0 Å². The van der Waals surface area contributed by atoms with Crippen molar-refractivity contribution >= 4 is 17.6 Å². The van der Waals surface area contributed by atoms with Crippen LogP contribution in [0.5, 0.6) is 0 Å². The van der Waals surface area contributed by atoms with Gasteiger partial charge in [0, 0.05) is 18.8 Å². The van der Waals surface area contributed by atoms with Gasteiger partial charge in [0.25, 0.3) is 0 Å². The van der Waals surface area contributed by atoms with Gasteiger partial charge in [0.05, 0.1) is 11.9 Å². The number of rotatable bonds is 4. The molecule has 1 aliphatic heterocycles. The Morgan fingerprint density at radius 1 is 1.62 bits per heavy atom. The molecule has 0 spiro atoms. The molecular formula is C15H20N4O2. The number of aromatic nitrogens is 1. The van der Waals surface area contributed by atoms with Crippen molar-refractivity contribution in [2.24, 2.45) is 0 Å². The summed E-state index contributed by atoms with van der Waals surface area (Å²) in [5, 5.41) is 5.42. The van der Waals surface area contributed by atoms with Gasteiger partial charge in [-0.05, 0) is 31.9 Å². The van der Waals surface area contributed by atoms with Crippen molar-refractivity contribution in [1.82, 2.24) is 15.6 Å². The fourth-order valence-electron chi connectivity index (χ4n) is 2.24. The van der Waals surface area contributed by atoms with E-state index in [1.807, 2.05) is 13.0 Å². The van der Waals surface area contributed by atoms with E-state index in [1.165, 1.54) is 0 Å². The van der Waals surface area contributed by atoms with Gasteiger partial charge in [-0.3, -0.25) is 9.78 Å². The molecule has 2 heterocycles. The monoisotopic (exact) mass is 288 g/mol. The minimum absolute atomic E-state index is 0.101. The molecule has 0 unspecified atom stereocenters. The van der Waals surface area contributed by atoms with E-state index in [1.54, 1.807) is 29.4 Å². The second kappa shape index (κ2) is 6.88. The third-order valence-corrected chi connectivity index (χ3v) is 3.41. The molecule has 0 aliphatic carbocycles. The van der Waals surface area contributed by atoms with Crippen molar-refractivity contribution in [2.75, 3.05) is 11.4 Å². The minimum atomic E-state index is -0.504. The van der Waals surface area contributed by atoms with Crippen LogP contribution in [0.2, 0.25) is 0 Å². The SMILES string of the molecule is C=C[C@@H](C)NC(=O)N[C@@H]1CCCN(c2cccnc2)C1=O. The molecule has 2 N–H and O–H groups in total. The quantitative estimate of drug-likeness (QED) is 0.824. The highest BCUT2D eigenvalue weighted by Crippen LogP contribution is 2.19. The molecule has 1 aromatic rings. The summed E-state index contributed by atoms with van der Waals surface area (Å²) >= 11 is 0. The molecule has 112 valence electrons. The Morgan fingerprint density at radius 2 is 2.43 bits per heavy atom. The molecule has 1 saturated heterocycles. The molecule has 2 rings (SSSR count). The summed E-state index contributed by atoms with van der Waals surface area (Å²) in [7, 11) is 0. The van der Waals surface area contributed by atoms with Gasteiger partial charge in [0.2, 0.25) is 5.91 Å². The molecule has 21 heavy (non-hydrogen) atoms. The molecule has 6 heteroatoms. The average molecular weight is 288 g/mol. The van der Waals surface area contributed by atoms with E-state index in [4.69, 9.17) is 0 Å². The zero-order valence-corrected chi connectivity index (χ0v) is 12.1. The van der Waals surface area contributed by atoms with Gasteiger partial charge in [-0.2, -0.15) is 0 Å². The van der Waals surface area contributed by atoms with E-state index in [-0.39, 0.29) is 18.0 Å². The van der Waals surface area contributed by atoms with Crippen molar-refractivity contribution in [2.45, 2.75) is 31.8 Å². The van der Waals surface area contributed by atoms with Gasteiger partial charge in [-0.15, -0.1) is 6.58 Å². The number of piperidine rings is 1. The highest BCUT2D eigenvalue weighted by atomic mass is 16.2. The number of anilines is 1. The fourth-order valence-corrected chi connectivity index (χ4v) is 2.24. The molecule has 1 aliphatic rings. The lowest BCUT2D eigenvalue weighted by molar-refractivity contribution is -0.121. The second-order valence-corrected chi connectivity index (χ2v) is 5.04. The van der Waals surface area contributed by atoms with Gasteiger partial charge in [-0.1, -0.05) is 6.08 Å². The van der Waals surface area contributed by atoms with Crippen molar-refractivity contribution in [3.63, 3.8) is 0 Å². The van der Waals surface area contributed by atoms with E-state index in [2.05, 4.69) is 22.2 Å². The molecule has 0 radical (unpaired) electrons. The largest absolute Gasteiger partial charge is 0.332 e. The fraction of sp³-hybridized carbons (Fsp3) is 0.400. The lowest BCUT2D eigenvalue weighted by atomic mass is 10.0. The first-order valence-corrected chi connectivity index (χ1v) is 7.03. The summed E-state index contributed by atoms with van der Waals surface area (Å²) in [6.07, 6.45) is 6.43. The summed E-state index contributed by atoms with van der Waals surface area (Å²) in [6.45, 7) is 6.07. The standard InChI is InChI=1S/C15H20N4O2/c1-3-11(2)17-15(21)18-13-7-5-9-19(14(13)20)12-6-4-8-16-10-12/h3-4,6,8,10-11,13H,1,5,7,9H2,2H3,(H2,17,18,21)/t11-,13-/m1/s1. The summed E-state index contributed by atoms with van der Waals surface area (Å²) in [5.41, 5.74) is 0.758. The van der Waals surface area contributed by atoms with Gasteiger partial charge < -0.3 is 15.5 Å². The third kappa shape index (κ3) is 3.81. The Kier molecular flexibility index (Phi) is 4.92. The smallest absolute Gasteiger partial charge is 0.315 e. The zero-order valence-electron chi connectivity index (χ0n) is 12.1. The topological polar surface area (TPSA) is 74.3 Å². The number of carbonyl (C=O) groups excluding carboxylic acids is 2. The molecule has 1 fully saturated rings. The van der Waals surface area contributed by atoms with Crippen LogP contribution in [0, 0.1) is 0 Å². The van der Waals surface area contributed by atoms with E-state index in [0.717, 1.165) is 12.1 Å². The molecule has 3 amide bonds. The molecule has 0 aromatic carbocycles. The Morgan fingerprint density at radius 3 is 3.10 bits per heavy atom. The van der Waals surface area contributed by atoms with Crippen LogP contribution in [0.3, 0.4) is 0 Å². The zero-order chi connectivity index (χ0) is 15.2. The first-order chi connectivity index (χ1) is 10.1. The first-order valence-electron chi connectivity index (χ1n) is 7.03. The van der Waals surface area contributed by atoms with E-state index >= 15 is 0 Å².